The first-order chi connectivity index (χ1) is 17.1. The number of rotatable bonds is 6. The van der Waals surface area contributed by atoms with Gasteiger partial charge in [-0.3, -0.25) is 9.59 Å². The molecular weight excluding hydrogens is 475 g/mol. The average Bonchev–Trinajstić information content (AvgIpc) is 3.26. The number of halogens is 3. The van der Waals surface area contributed by atoms with Crippen molar-refractivity contribution < 1.29 is 27.5 Å². The Bertz CT molecular complexity index is 1160. The Morgan fingerprint density at radius 2 is 2.06 bits per heavy atom. The number of alkyl halides is 3. The third-order valence-electron chi connectivity index (χ3n) is 6.41. The van der Waals surface area contributed by atoms with Crippen molar-refractivity contribution in [1.82, 2.24) is 9.91 Å². The molecule has 1 unspecified atom stereocenters. The highest BCUT2D eigenvalue weighted by atomic mass is 19.4. The predicted octanol–water partition coefficient (Wildman–Crippen LogP) is 3.56. The van der Waals surface area contributed by atoms with Crippen LogP contribution in [0.1, 0.15) is 34.3 Å². The number of ether oxygens (including phenoxy) is 1. The maximum absolute atomic E-state index is 13.2. The standard InChI is InChI=1S/C25H28F3N5O3/c1-3-22(34)31-11-5-8-19(14-31)32-21-10-9-16(15-36-2)12-20(21)30-24(32)33(29)23(35)17-6-4-7-18(13-17)25(26,27)28/h3-4,6-7,9-10,12-13,19,24,30H,1,5,8,11,14-15,29H2,2H3/t19-,24?/m1/s1. The lowest BCUT2D eigenvalue weighted by atomic mass is 10.0. The van der Waals surface area contributed by atoms with Crippen molar-refractivity contribution in [3.63, 3.8) is 0 Å². The molecule has 2 heterocycles. The molecule has 2 aliphatic rings. The molecule has 2 aliphatic heterocycles. The molecule has 4 rings (SSSR count). The van der Waals surface area contributed by atoms with Gasteiger partial charge in [0.1, 0.15) is 0 Å². The summed E-state index contributed by atoms with van der Waals surface area (Å²) in [5, 5.41) is 4.14. The molecule has 11 heteroatoms. The molecule has 1 fully saturated rings. The summed E-state index contributed by atoms with van der Waals surface area (Å²) < 4.78 is 44.9. The van der Waals surface area contributed by atoms with Crippen molar-refractivity contribution in [3.8, 4) is 0 Å². The van der Waals surface area contributed by atoms with Gasteiger partial charge in [0.05, 0.1) is 29.6 Å². The van der Waals surface area contributed by atoms with E-state index in [0.29, 0.717) is 25.4 Å². The number of piperidine rings is 1. The molecule has 2 aromatic carbocycles. The van der Waals surface area contributed by atoms with Crippen LogP contribution in [0.3, 0.4) is 0 Å². The van der Waals surface area contributed by atoms with Gasteiger partial charge in [0.2, 0.25) is 5.91 Å². The highest BCUT2D eigenvalue weighted by Crippen LogP contribution is 2.39. The van der Waals surface area contributed by atoms with E-state index in [0.717, 1.165) is 41.2 Å². The first-order valence-corrected chi connectivity index (χ1v) is 11.5. The van der Waals surface area contributed by atoms with Gasteiger partial charge in [-0.1, -0.05) is 18.7 Å². The summed E-state index contributed by atoms with van der Waals surface area (Å²) in [4.78, 5) is 29.1. The second-order valence-electron chi connectivity index (χ2n) is 8.79. The smallest absolute Gasteiger partial charge is 0.380 e. The molecule has 0 bridgehead atoms. The summed E-state index contributed by atoms with van der Waals surface area (Å²) in [5.41, 5.74) is 1.25. The van der Waals surface area contributed by atoms with E-state index in [9.17, 15) is 22.8 Å². The summed E-state index contributed by atoms with van der Waals surface area (Å²) in [6.45, 7) is 4.91. The molecule has 0 radical (unpaired) electrons. The van der Waals surface area contributed by atoms with Crippen LogP contribution in [0.5, 0.6) is 0 Å². The number of anilines is 2. The van der Waals surface area contributed by atoms with E-state index >= 15 is 0 Å². The number of hydrogen-bond donors (Lipinski definition) is 2. The summed E-state index contributed by atoms with van der Waals surface area (Å²) in [6, 6.07) is 9.62. The zero-order valence-corrected chi connectivity index (χ0v) is 19.8. The van der Waals surface area contributed by atoms with Gasteiger partial charge in [0, 0.05) is 25.8 Å². The Balaban J connectivity index is 1.67. The van der Waals surface area contributed by atoms with E-state index in [-0.39, 0.29) is 17.5 Å². The highest BCUT2D eigenvalue weighted by molar-refractivity contribution is 5.95. The van der Waals surface area contributed by atoms with Crippen LogP contribution in [0.4, 0.5) is 24.5 Å². The lowest BCUT2D eigenvalue weighted by molar-refractivity contribution is -0.137. The lowest BCUT2D eigenvalue weighted by Crippen LogP contribution is -2.61. The number of carbonyl (C=O) groups is 2. The Labute approximate surface area is 207 Å². The number of nitrogens with two attached hydrogens (primary N) is 1. The van der Waals surface area contributed by atoms with Crippen LogP contribution >= 0.6 is 0 Å². The fraction of sp³-hybridized carbons (Fsp3) is 0.360. The zero-order valence-electron chi connectivity index (χ0n) is 19.8. The molecule has 8 nitrogen and oxygen atoms in total. The molecule has 0 spiro atoms. The molecule has 0 aromatic heterocycles. The number of carbonyl (C=O) groups excluding carboxylic acids is 2. The number of likely N-dealkylation sites (tertiary alicyclic amines) is 1. The maximum atomic E-state index is 13.2. The van der Waals surface area contributed by atoms with Crippen molar-refractivity contribution in [1.29, 1.82) is 0 Å². The Kier molecular flexibility index (Phi) is 7.23. The fourth-order valence-corrected chi connectivity index (χ4v) is 4.72. The lowest BCUT2D eigenvalue weighted by Gasteiger charge is -2.42. The van der Waals surface area contributed by atoms with E-state index in [4.69, 9.17) is 10.6 Å². The third kappa shape index (κ3) is 5.02. The summed E-state index contributed by atoms with van der Waals surface area (Å²) in [5.74, 6) is 5.32. The third-order valence-corrected chi connectivity index (χ3v) is 6.41. The summed E-state index contributed by atoms with van der Waals surface area (Å²) >= 11 is 0. The van der Waals surface area contributed by atoms with Gasteiger partial charge < -0.3 is 19.9 Å². The van der Waals surface area contributed by atoms with Crippen molar-refractivity contribution in [3.05, 3.63) is 71.8 Å². The van der Waals surface area contributed by atoms with Crippen molar-refractivity contribution in [2.45, 2.75) is 38.0 Å². The molecule has 0 aliphatic carbocycles. The number of hydrazine groups is 1. The first-order valence-electron chi connectivity index (χ1n) is 11.5. The van der Waals surface area contributed by atoms with Crippen LogP contribution in [0.2, 0.25) is 0 Å². The number of nitrogens with zero attached hydrogens (tertiary/aromatic N) is 3. The van der Waals surface area contributed by atoms with Gasteiger partial charge in [0.25, 0.3) is 5.91 Å². The van der Waals surface area contributed by atoms with E-state index in [1.807, 2.05) is 23.1 Å². The number of fused-ring (bicyclic) bond motifs is 1. The second-order valence-corrected chi connectivity index (χ2v) is 8.79. The molecule has 2 aromatic rings. The maximum Gasteiger partial charge on any atom is 0.416 e. The summed E-state index contributed by atoms with van der Waals surface area (Å²) in [6.07, 6.45) is -2.76. The van der Waals surface area contributed by atoms with Gasteiger partial charge >= 0.3 is 6.18 Å². The molecule has 192 valence electrons. The van der Waals surface area contributed by atoms with Gasteiger partial charge in [-0.05, 0) is 54.8 Å². The van der Waals surface area contributed by atoms with Crippen molar-refractivity contribution >= 4 is 23.2 Å². The van der Waals surface area contributed by atoms with Crippen LogP contribution in [0.25, 0.3) is 0 Å². The minimum Gasteiger partial charge on any atom is -0.380 e. The largest absolute Gasteiger partial charge is 0.416 e. The van der Waals surface area contributed by atoms with E-state index in [2.05, 4.69) is 11.9 Å². The van der Waals surface area contributed by atoms with Crippen LogP contribution in [-0.2, 0) is 22.3 Å². The normalized spacial score (nSPS) is 19.5. The molecule has 1 saturated heterocycles. The van der Waals surface area contributed by atoms with Gasteiger partial charge in [-0.2, -0.15) is 13.2 Å². The quantitative estimate of drug-likeness (QED) is 0.271. The first kappa shape index (κ1) is 25.5. The Morgan fingerprint density at radius 1 is 1.28 bits per heavy atom. The number of hydrogen-bond acceptors (Lipinski definition) is 6. The molecular formula is C25H28F3N5O3. The van der Waals surface area contributed by atoms with E-state index in [1.165, 1.54) is 18.2 Å². The van der Waals surface area contributed by atoms with Crippen LogP contribution in [0, 0.1) is 0 Å². The Morgan fingerprint density at radius 3 is 2.75 bits per heavy atom. The molecule has 2 amide bonds. The van der Waals surface area contributed by atoms with Gasteiger partial charge in [-0.25, -0.2) is 10.9 Å². The highest BCUT2D eigenvalue weighted by Gasteiger charge is 2.41. The fourth-order valence-electron chi connectivity index (χ4n) is 4.72. The van der Waals surface area contributed by atoms with E-state index < -0.39 is 23.9 Å². The van der Waals surface area contributed by atoms with E-state index in [1.54, 1.807) is 12.0 Å². The number of methoxy groups -OCH3 is 1. The topological polar surface area (TPSA) is 91.1 Å². The minimum atomic E-state index is -4.59. The van der Waals surface area contributed by atoms with Crippen molar-refractivity contribution in [2.24, 2.45) is 5.84 Å². The monoisotopic (exact) mass is 503 g/mol. The zero-order chi connectivity index (χ0) is 26.0. The van der Waals surface area contributed by atoms with Crippen LogP contribution < -0.4 is 16.1 Å². The predicted molar refractivity (Wildman–Crippen MR) is 129 cm³/mol. The average molecular weight is 504 g/mol. The number of amides is 2. The number of nitrogens with one attached hydrogen (secondary N) is 1. The van der Waals surface area contributed by atoms with Crippen molar-refractivity contribution in [2.75, 3.05) is 30.4 Å². The van der Waals surface area contributed by atoms with Gasteiger partial charge in [-0.15, -0.1) is 0 Å². The SMILES string of the molecule is C=CC(=O)N1CCC[C@@H](N2c3ccc(COC)cc3NC2N(N)C(=O)c2cccc(C(F)(F)F)c2)C1. The summed E-state index contributed by atoms with van der Waals surface area (Å²) in [7, 11) is 1.58. The molecule has 2 atom stereocenters. The van der Waals surface area contributed by atoms with Gasteiger partial charge in [0.15, 0.2) is 6.29 Å². The van der Waals surface area contributed by atoms with Crippen LogP contribution in [-0.4, -0.2) is 54.3 Å². The number of benzene rings is 2. The molecule has 0 saturated carbocycles. The second kappa shape index (κ2) is 10.2. The Hall–Kier alpha value is -3.57. The molecule has 3 N–H and O–H groups in total. The van der Waals surface area contributed by atoms with Crippen LogP contribution in [0.15, 0.2) is 55.1 Å². The molecule has 36 heavy (non-hydrogen) atoms. The minimum absolute atomic E-state index is 0.183.